The van der Waals surface area contributed by atoms with Gasteiger partial charge in [0.15, 0.2) is 0 Å². The van der Waals surface area contributed by atoms with Crippen molar-refractivity contribution in [3.63, 3.8) is 0 Å². The van der Waals surface area contributed by atoms with E-state index in [1.807, 2.05) is 0 Å². The minimum absolute atomic E-state index is 0.0302. The third kappa shape index (κ3) is 5.53. The van der Waals surface area contributed by atoms with Crippen LogP contribution in [0.25, 0.3) is 0 Å². The lowest BCUT2D eigenvalue weighted by Gasteiger charge is -2.33. The number of amides is 2. The highest BCUT2D eigenvalue weighted by atomic mass is 16.2. The zero-order valence-electron chi connectivity index (χ0n) is 15.2. The van der Waals surface area contributed by atoms with Crippen LogP contribution in [-0.4, -0.2) is 48.8 Å². The summed E-state index contributed by atoms with van der Waals surface area (Å²) < 4.78 is 0. The molecule has 0 aromatic carbocycles. The van der Waals surface area contributed by atoms with E-state index in [-0.39, 0.29) is 35.5 Å². The van der Waals surface area contributed by atoms with Crippen LogP contribution in [0.5, 0.6) is 0 Å². The molecule has 1 saturated carbocycles. The summed E-state index contributed by atoms with van der Waals surface area (Å²) in [6.07, 6.45) is 3.02. The second-order valence-electron chi connectivity index (χ2n) is 7.06. The van der Waals surface area contributed by atoms with Gasteiger partial charge in [0.25, 0.3) is 0 Å². The monoisotopic (exact) mass is 332 g/mol. The lowest BCUT2D eigenvalue weighted by atomic mass is 9.80. The first-order chi connectivity index (χ1) is 11.3. The van der Waals surface area contributed by atoms with Crippen LogP contribution in [0.3, 0.4) is 0 Å². The maximum Gasteiger partial charge on any atom is 0.225 e. The van der Waals surface area contributed by atoms with Crippen LogP contribution in [0.15, 0.2) is 0 Å². The molecule has 24 heavy (non-hydrogen) atoms. The summed E-state index contributed by atoms with van der Waals surface area (Å²) in [7, 11) is 3.45. The Kier molecular flexibility index (Phi) is 7.71. The van der Waals surface area contributed by atoms with Gasteiger partial charge in [-0.3, -0.25) is 9.59 Å². The lowest BCUT2D eigenvalue weighted by Crippen LogP contribution is -2.42. The fourth-order valence-electron chi connectivity index (χ4n) is 3.34. The Morgan fingerprint density at radius 1 is 0.958 bits per heavy atom. The molecule has 0 aromatic rings. The molecule has 4 unspecified atom stereocenters. The van der Waals surface area contributed by atoms with Gasteiger partial charge in [-0.05, 0) is 33.1 Å². The molecule has 6 nitrogen and oxygen atoms in total. The first-order valence-corrected chi connectivity index (χ1v) is 8.59. The number of carbonyl (C=O) groups is 2. The van der Waals surface area contributed by atoms with Crippen molar-refractivity contribution in [2.24, 2.45) is 23.7 Å². The summed E-state index contributed by atoms with van der Waals surface area (Å²) in [6.45, 7) is 4.43. The predicted molar refractivity (Wildman–Crippen MR) is 90.3 cm³/mol. The number of nitriles is 2. The highest BCUT2D eigenvalue weighted by molar-refractivity contribution is 5.82. The van der Waals surface area contributed by atoms with Crippen LogP contribution in [0, 0.1) is 46.3 Å². The van der Waals surface area contributed by atoms with E-state index in [9.17, 15) is 9.59 Å². The first-order valence-electron chi connectivity index (χ1n) is 8.59. The van der Waals surface area contributed by atoms with E-state index >= 15 is 0 Å². The molecule has 1 aliphatic rings. The molecule has 4 atom stereocenters. The van der Waals surface area contributed by atoms with Gasteiger partial charge >= 0.3 is 0 Å². The Bertz CT molecular complexity index is 488. The molecule has 0 spiro atoms. The third-order valence-electron chi connectivity index (χ3n) is 4.66. The van der Waals surface area contributed by atoms with Crippen molar-refractivity contribution >= 4 is 11.8 Å². The summed E-state index contributed by atoms with van der Waals surface area (Å²) in [5.74, 6) is -0.627. The average Bonchev–Trinajstić information content (AvgIpc) is 2.59. The quantitative estimate of drug-likeness (QED) is 0.744. The Morgan fingerprint density at radius 2 is 1.33 bits per heavy atom. The number of carbonyl (C=O) groups excluding carboxylic acids is 2. The Labute approximate surface area is 145 Å². The third-order valence-corrected chi connectivity index (χ3v) is 4.66. The van der Waals surface area contributed by atoms with Gasteiger partial charge in [-0.2, -0.15) is 10.5 Å². The zero-order chi connectivity index (χ0) is 18.3. The van der Waals surface area contributed by atoms with Gasteiger partial charge in [-0.25, -0.2) is 0 Å². The topological polar surface area (TPSA) is 88.2 Å². The van der Waals surface area contributed by atoms with Crippen molar-refractivity contribution in [3.8, 4) is 12.1 Å². The van der Waals surface area contributed by atoms with Crippen molar-refractivity contribution in [3.05, 3.63) is 0 Å². The van der Waals surface area contributed by atoms with Gasteiger partial charge in [0, 0.05) is 39.0 Å². The van der Waals surface area contributed by atoms with E-state index in [1.54, 1.807) is 37.7 Å². The van der Waals surface area contributed by atoms with E-state index in [1.165, 1.54) is 0 Å². The summed E-state index contributed by atoms with van der Waals surface area (Å²) >= 11 is 0. The molecule has 1 fully saturated rings. The summed E-state index contributed by atoms with van der Waals surface area (Å²) in [6, 6.07) is 4.28. The molecule has 6 heteroatoms. The smallest absolute Gasteiger partial charge is 0.225 e. The van der Waals surface area contributed by atoms with Crippen LogP contribution in [0.4, 0.5) is 0 Å². The molecule has 0 saturated heterocycles. The highest BCUT2D eigenvalue weighted by Gasteiger charge is 2.34. The van der Waals surface area contributed by atoms with E-state index in [2.05, 4.69) is 12.1 Å². The average molecular weight is 332 g/mol. The fourth-order valence-corrected chi connectivity index (χ4v) is 3.34. The molecule has 2 amide bonds. The van der Waals surface area contributed by atoms with Crippen molar-refractivity contribution in [1.82, 2.24) is 9.80 Å². The van der Waals surface area contributed by atoms with Crippen LogP contribution < -0.4 is 0 Å². The molecule has 1 aliphatic carbocycles. The molecule has 0 N–H and O–H groups in total. The second kappa shape index (κ2) is 9.27. The maximum absolute atomic E-state index is 12.6. The zero-order valence-corrected chi connectivity index (χ0v) is 15.2. The number of hydrogen-bond donors (Lipinski definition) is 0. The van der Waals surface area contributed by atoms with Crippen LogP contribution in [-0.2, 0) is 9.59 Å². The molecule has 0 heterocycles. The van der Waals surface area contributed by atoms with E-state index < -0.39 is 0 Å². The van der Waals surface area contributed by atoms with Crippen molar-refractivity contribution in [2.45, 2.75) is 39.5 Å². The summed E-state index contributed by atoms with van der Waals surface area (Å²) in [4.78, 5) is 28.4. The fraction of sp³-hybridized carbons (Fsp3) is 0.778. The summed E-state index contributed by atoms with van der Waals surface area (Å²) in [5, 5.41) is 17.8. The number of hydrogen-bond acceptors (Lipinski definition) is 4. The standard InChI is InChI=1S/C18H28N4O2/c1-13(9-19)11-21(3)17(23)15-6-5-7-16(8-15)18(24)22(4)12-14(2)10-20/h13-16H,5-8,11-12H2,1-4H3. The molecular weight excluding hydrogens is 304 g/mol. The number of rotatable bonds is 6. The Hall–Kier alpha value is -2.08. The van der Waals surface area contributed by atoms with Gasteiger partial charge < -0.3 is 9.80 Å². The van der Waals surface area contributed by atoms with Crippen molar-refractivity contribution < 1.29 is 9.59 Å². The van der Waals surface area contributed by atoms with Gasteiger partial charge in [-0.15, -0.1) is 0 Å². The van der Waals surface area contributed by atoms with Crippen LogP contribution >= 0.6 is 0 Å². The summed E-state index contributed by atoms with van der Waals surface area (Å²) in [5.41, 5.74) is 0. The second-order valence-corrected chi connectivity index (χ2v) is 7.06. The van der Waals surface area contributed by atoms with E-state index in [4.69, 9.17) is 10.5 Å². The predicted octanol–water partition coefficient (Wildman–Crippen LogP) is 2.03. The normalized spacial score (nSPS) is 22.6. The minimum atomic E-state index is -0.196. The molecule has 132 valence electrons. The van der Waals surface area contributed by atoms with E-state index in [0.717, 1.165) is 19.3 Å². The molecule has 0 aromatic heterocycles. The van der Waals surface area contributed by atoms with Crippen LogP contribution in [0.1, 0.15) is 39.5 Å². The molecular formula is C18H28N4O2. The van der Waals surface area contributed by atoms with Gasteiger partial charge in [0.1, 0.15) is 0 Å². The van der Waals surface area contributed by atoms with Gasteiger partial charge in [0.2, 0.25) is 11.8 Å². The van der Waals surface area contributed by atoms with Crippen molar-refractivity contribution in [1.29, 1.82) is 10.5 Å². The maximum atomic E-state index is 12.6. The number of nitrogens with zero attached hydrogens (tertiary/aromatic N) is 4. The molecule has 0 aliphatic heterocycles. The SMILES string of the molecule is CC(C#N)CN(C)C(=O)C1CCCC(C(=O)N(C)CC(C)C#N)C1. The highest BCUT2D eigenvalue weighted by Crippen LogP contribution is 2.31. The lowest BCUT2D eigenvalue weighted by molar-refractivity contribution is -0.140. The first kappa shape index (κ1) is 20.0. The minimum Gasteiger partial charge on any atom is -0.344 e. The molecule has 0 radical (unpaired) electrons. The van der Waals surface area contributed by atoms with E-state index in [0.29, 0.717) is 19.5 Å². The van der Waals surface area contributed by atoms with Gasteiger partial charge in [-0.1, -0.05) is 6.42 Å². The van der Waals surface area contributed by atoms with Gasteiger partial charge in [0.05, 0.1) is 24.0 Å². The van der Waals surface area contributed by atoms with Crippen molar-refractivity contribution in [2.75, 3.05) is 27.2 Å². The largest absolute Gasteiger partial charge is 0.344 e. The Morgan fingerprint density at radius 3 is 1.67 bits per heavy atom. The molecule has 1 rings (SSSR count). The Balaban J connectivity index is 2.63. The van der Waals surface area contributed by atoms with Crippen LogP contribution in [0.2, 0.25) is 0 Å². The molecule has 0 bridgehead atoms.